The van der Waals surface area contributed by atoms with Crippen LogP contribution in [0.4, 0.5) is 13.2 Å². The van der Waals surface area contributed by atoms with Gasteiger partial charge in [-0.05, 0) is 13.5 Å². The van der Waals surface area contributed by atoms with Crippen LogP contribution in [0.15, 0.2) is 0 Å². The molecule has 0 aromatic heterocycles. The van der Waals surface area contributed by atoms with Gasteiger partial charge in [-0.15, -0.1) is 0 Å². The molecule has 8 heteroatoms. The summed E-state index contributed by atoms with van der Waals surface area (Å²) < 4.78 is 37.3. The zero-order chi connectivity index (χ0) is 14.3. The number of nitrogens with one attached hydrogen (secondary N) is 1. The topological polar surface area (TPSA) is 69.6 Å². The molecule has 0 aromatic rings. The van der Waals surface area contributed by atoms with Gasteiger partial charge in [-0.25, -0.2) is 0 Å². The van der Waals surface area contributed by atoms with Crippen LogP contribution in [0.3, 0.4) is 0 Å². The molecule has 18 heavy (non-hydrogen) atoms. The lowest BCUT2D eigenvalue weighted by Gasteiger charge is -2.24. The van der Waals surface area contributed by atoms with Gasteiger partial charge < -0.3 is 10.4 Å². The Morgan fingerprint density at radius 2 is 1.89 bits per heavy atom. The summed E-state index contributed by atoms with van der Waals surface area (Å²) in [6.07, 6.45) is -4.82. The third-order valence-electron chi connectivity index (χ3n) is 2.32. The summed E-state index contributed by atoms with van der Waals surface area (Å²) in [7, 11) is 0. The van der Waals surface area contributed by atoms with Gasteiger partial charge in [0.2, 0.25) is 5.91 Å². The molecule has 0 aromatic carbocycles. The standard InChI is InChI=1S/C10H17F3N2O3/c1-3-14-8(16)6-15(4-2)5-7(9(17)18)10(11,12)13/h7H,3-6H2,1-2H3,(H,14,16)(H,17,18). The first-order valence-electron chi connectivity index (χ1n) is 5.50. The number of likely N-dealkylation sites (N-methyl/N-ethyl adjacent to an activating group) is 2. The van der Waals surface area contributed by atoms with Crippen LogP contribution < -0.4 is 5.32 Å². The molecule has 1 unspecified atom stereocenters. The predicted octanol–water partition coefficient (Wildman–Crippen LogP) is 0.707. The van der Waals surface area contributed by atoms with E-state index < -0.39 is 30.5 Å². The van der Waals surface area contributed by atoms with Crippen LogP contribution >= 0.6 is 0 Å². The molecule has 0 radical (unpaired) electrons. The van der Waals surface area contributed by atoms with E-state index in [0.717, 1.165) is 4.90 Å². The van der Waals surface area contributed by atoms with Crippen molar-refractivity contribution in [3.05, 3.63) is 0 Å². The highest BCUT2D eigenvalue weighted by Gasteiger charge is 2.45. The van der Waals surface area contributed by atoms with Crippen molar-refractivity contribution in [3.63, 3.8) is 0 Å². The van der Waals surface area contributed by atoms with Gasteiger partial charge in [0.15, 0.2) is 5.92 Å². The van der Waals surface area contributed by atoms with Crippen LogP contribution in [0.5, 0.6) is 0 Å². The lowest BCUT2D eigenvalue weighted by atomic mass is 10.1. The molecule has 0 heterocycles. The zero-order valence-corrected chi connectivity index (χ0v) is 10.3. The Balaban J connectivity index is 4.58. The first-order valence-corrected chi connectivity index (χ1v) is 5.50. The van der Waals surface area contributed by atoms with E-state index in [4.69, 9.17) is 5.11 Å². The molecule has 0 saturated carbocycles. The average molecular weight is 270 g/mol. The van der Waals surface area contributed by atoms with Crippen molar-refractivity contribution >= 4 is 11.9 Å². The number of alkyl halides is 3. The third kappa shape index (κ3) is 5.85. The summed E-state index contributed by atoms with van der Waals surface area (Å²) >= 11 is 0. The first-order chi connectivity index (χ1) is 8.22. The molecule has 0 aliphatic heterocycles. The second-order valence-corrected chi connectivity index (χ2v) is 3.71. The Morgan fingerprint density at radius 1 is 1.33 bits per heavy atom. The predicted molar refractivity (Wildman–Crippen MR) is 58.0 cm³/mol. The lowest BCUT2D eigenvalue weighted by molar-refractivity contribution is -0.196. The SMILES string of the molecule is CCNC(=O)CN(CC)CC(C(=O)O)C(F)(F)F. The number of carboxylic acid groups (broad SMARTS) is 1. The van der Waals surface area contributed by atoms with Crippen LogP contribution in [-0.4, -0.2) is 54.2 Å². The molecule has 0 aliphatic rings. The van der Waals surface area contributed by atoms with Gasteiger partial charge in [-0.1, -0.05) is 6.92 Å². The van der Waals surface area contributed by atoms with E-state index in [1.807, 2.05) is 0 Å². The van der Waals surface area contributed by atoms with Crippen LogP contribution in [0, 0.1) is 5.92 Å². The van der Waals surface area contributed by atoms with Crippen LogP contribution in [0.25, 0.3) is 0 Å². The number of carbonyl (C=O) groups excluding carboxylic acids is 1. The summed E-state index contributed by atoms with van der Waals surface area (Å²) in [5.41, 5.74) is 0. The van der Waals surface area contributed by atoms with Gasteiger partial charge in [0, 0.05) is 13.1 Å². The number of rotatable bonds is 7. The molecule has 0 bridgehead atoms. The molecular formula is C10H17F3N2O3. The van der Waals surface area contributed by atoms with E-state index in [9.17, 15) is 22.8 Å². The molecule has 0 saturated heterocycles. The monoisotopic (exact) mass is 270 g/mol. The molecule has 2 N–H and O–H groups in total. The van der Waals surface area contributed by atoms with Crippen molar-refractivity contribution in [2.75, 3.05) is 26.2 Å². The number of carboxylic acids is 1. The van der Waals surface area contributed by atoms with Gasteiger partial charge in [-0.2, -0.15) is 13.2 Å². The minimum absolute atomic E-state index is 0.164. The van der Waals surface area contributed by atoms with Crippen molar-refractivity contribution in [1.29, 1.82) is 0 Å². The Hall–Kier alpha value is -1.31. The number of halogens is 3. The average Bonchev–Trinajstić information content (AvgIpc) is 2.21. The maximum Gasteiger partial charge on any atom is 0.403 e. The van der Waals surface area contributed by atoms with Gasteiger partial charge in [0.05, 0.1) is 6.54 Å². The zero-order valence-electron chi connectivity index (χ0n) is 10.3. The molecule has 0 spiro atoms. The van der Waals surface area contributed by atoms with E-state index in [1.54, 1.807) is 13.8 Å². The highest BCUT2D eigenvalue weighted by Crippen LogP contribution is 2.27. The highest BCUT2D eigenvalue weighted by molar-refractivity contribution is 5.78. The molecule has 0 aliphatic carbocycles. The summed E-state index contributed by atoms with van der Waals surface area (Å²) in [5.74, 6) is -4.84. The Labute approximate surface area is 103 Å². The maximum atomic E-state index is 12.4. The molecule has 1 atom stereocenters. The van der Waals surface area contributed by atoms with E-state index in [1.165, 1.54) is 0 Å². The fourth-order valence-electron chi connectivity index (χ4n) is 1.34. The van der Waals surface area contributed by atoms with Crippen molar-refractivity contribution in [2.24, 2.45) is 5.92 Å². The number of carbonyl (C=O) groups is 2. The number of hydrogen-bond donors (Lipinski definition) is 2. The minimum Gasteiger partial charge on any atom is -0.481 e. The highest BCUT2D eigenvalue weighted by atomic mass is 19.4. The van der Waals surface area contributed by atoms with Gasteiger partial charge >= 0.3 is 12.1 Å². The second-order valence-electron chi connectivity index (χ2n) is 3.71. The normalized spacial score (nSPS) is 13.4. The molecule has 1 amide bonds. The van der Waals surface area contributed by atoms with Crippen molar-refractivity contribution in [2.45, 2.75) is 20.0 Å². The number of aliphatic carboxylic acids is 1. The fraction of sp³-hybridized carbons (Fsp3) is 0.800. The van der Waals surface area contributed by atoms with Crippen LogP contribution in [0.1, 0.15) is 13.8 Å². The minimum atomic E-state index is -4.82. The molecule has 0 rings (SSSR count). The summed E-state index contributed by atoms with van der Waals surface area (Å²) in [5, 5.41) is 11.0. The Bertz CT molecular complexity index is 295. The molecular weight excluding hydrogens is 253 g/mol. The summed E-state index contributed by atoms with van der Waals surface area (Å²) in [6, 6.07) is 0. The Kier molecular flexibility index (Phi) is 6.67. The Morgan fingerprint density at radius 3 is 2.22 bits per heavy atom. The summed E-state index contributed by atoms with van der Waals surface area (Å²) in [4.78, 5) is 22.9. The summed E-state index contributed by atoms with van der Waals surface area (Å²) in [6.45, 7) is 2.81. The van der Waals surface area contributed by atoms with Crippen LogP contribution in [-0.2, 0) is 9.59 Å². The van der Waals surface area contributed by atoms with E-state index in [0.29, 0.717) is 6.54 Å². The molecule has 0 fully saturated rings. The van der Waals surface area contributed by atoms with Gasteiger partial charge in [0.1, 0.15) is 0 Å². The molecule has 5 nitrogen and oxygen atoms in total. The first kappa shape index (κ1) is 16.7. The maximum absolute atomic E-state index is 12.4. The van der Waals surface area contributed by atoms with Gasteiger partial charge in [-0.3, -0.25) is 14.5 Å². The largest absolute Gasteiger partial charge is 0.481 e. The van der Waals surface area contributed by atoms with E-state index >= 15 is 0 Å². The van der Waals surface area contributed by atoms with E-state index in [-0.39, 0.29) is 13.1 Å². The van der Waals surface area contributed by atoms with Crippen molar-refractivity contribution in [1.82, 2.24) is 10.2 Å². The fourth-order valence-corrected chi connectivity index (χ4v) is 1.34. The van der Waals surface area contributed by atoms with Crippen LogP contribution in [0.2, 0.25) is 0 Å². The molecule has 106 valence electrons. The number of nitrogens with zero attached hydrogens (tertiary/aromatic N) is 1. The van der Waals surface area contributed by atoms with Crippen molar-refractivity contribution in [3.8, 4) is 0 Å². The lowest BCUT2D eigenvalue weighted by Crippen LogP contribution is -2.45. The van der Waals surface area contributed by atoms with E-state index in [2.05, 4.69) is 5.32 Å². The number of hydrogen-bond acceptors (Lipinski definition) is 3. The quantitative estimate of drug-likeness (QED) is 0.714. The smallest absolute Gasteiger partial charge is 0.403 e. The third-order valence-corrected chi connectivity index (χ3v) is 2.32. The second kappa shape index (κ2) is 7.20. The number of amides is 1. The van der Waals surface area contributed by atoms with Crippen molar-refractivity contribution < 1.29 is 27.9 Å². The van der Waals surface area contributed by atoms with Gasteiger partial charge in [0.25, 0.3) is 0 Å².